The third kappa shape index (κ3) is 9.77. The van der Waals surface area contributed by atoms with Gasteiger partial charge in [-0.1, -0.05) is 47.5 Å². The molecule has 0 fully saturated rings. The molecule has 0 rings (SSSR count). The average Bonchev–Trinajstić information content (AvgIpc) is 2.36. The van der Waals surface area contributed by atoms with E-state index >= 15 is 0 Å². The van der Waals surface area contributed by atoms with E-state index in [0.29, 0.717) is 5.41 Å². The standard InChI is InChI=1S/C18H38O2/c1-9-17(5,6)13-11-15(3)12-14-19-16(4)20-18(7,8)10-2/h15-16H,9-14H2,1-8H3. The average molecular weight is 286 g/mol. The molecular weight excluding hydrogens is 248 g/mol. The van der Waals surface area contributed by atoms with Gasteiger partial charge in [0.05, 0.1) is 5.60 Å². The fourth-order valence-corrected chi connectivity index (χ4v) is 1.96. The molecule has 20 heavy (non-hydrogen) atoms. The highest BCUT2D eigenvalue weighted by Crippen LogP contribution is 2.29. The van der Waals surface area contributed by atoms with E-state index in [4.69, 9.17) is 9.47 Å². The molecular formula is C18H38O2. The Kier molecular flexibility index (Phi) is 9.01. The molecule has 0 aromatic carbocycles. The maximum atomic E-state index is 5.88. The van der Waals surface area contributed by atoms with Crippen molar-refractivity contribution >= 4 is 0 Å². The molecule has 0 saturated heterocycles. The lowest BCUT2D eigenvalue weighted by atomic mass is 9.82. The van der Waals surface area contributed by atoms with E-state index in [2.05, 4.69) is 48.5 Å². The smallest absolute Gasteiger partial charge is 0.155 e. The van der Waals surface area contributed by atoms with E-state index in [0.717, 1.165) is 25.4 Å². The third-order valence-corrected chi connectivity index (χ3v) is 4.57. The van der Waals surface area contributed by atoms with Crippen molar-refractivity contribution in [2.75, 3.05) is 6.61 Å². The summed E-state index contributed by atoms with van der Waals surface area (Å²) >= 11 is 0. The summed E-state index contributed by atoms with van der Waals surface area (Å²) in [5, 5.41) is 0. The molecule has 0 amide bonds. The molecule has 0 aliphatic rings. The van der Waals surface area contributed by atoms with Gasteiger partial charge in [0.1, 0.15) is 0 Å². The largest absolute Gasteiger partial charge is 0.353 e. The zero-order valence-electron chi connectivity index (χ0n) is 15.2. The first kappa shape index (κ1) is 19.9. The highest BCUT2D eigenvalue weighted by atomic mass is 16.7. The predicted octanol–water partition coefficient (Wildman–Crippen LogP) is 5.80. The first-order valence-corrected chi connectivity index (χ1v) is 8.41. The van der Waals surface area contributed by atoms with Crippen LogP contribution in [0.1, 0.15) is 87.5 Å². The molecule has 0 bridgehead atoms. The van der Waals surface area contributed by atoms with Crippen molar-refractivity contribution in [3.8, 4) is 0 Å². The Morgan fingerprint density at radius 1 is 0.900 bits per heavy atom. The van der Waals surface area contributed by atoms with Crippen molar-refractivity contribution in [3.05, 3.63) is 0 Å². The quantitative estimate of drug-likeness (QED) is 0.447. The van der Waals surface area contributed by atoms with Crippen LogP contribution in [0.15, 0.2) is 0 Å². The number of hydrogen-bond acceptors (Lipinski definition) is 2. The van der Waals surface area contributed by atoms with E-state index in [1.807, 2.05) is 6.92 Å². The van der Waals surface area contributed by atoms with Crippen LogP contribution >= 0.6 is 0 Å². The lowest BCUT2D eigenvalue weighted by Crippen LogP contribution is -2.30. The molecule has 0 saturated carbocycles. The van der Waals surface area contributed by atoms with Crippen LogP contribution < -0.4 is 0 Å². The van der Waals surface area contributed by atoms with Crippen LogP contribution in [-0.4, -0.2) is 18.5 Å². The van der Waals surface area contributed by atoms with Gasteiger partial charge in [-0.05, 0) is 51.4 Å². The van der Waals surface area contributed by atoms with Gasteiger partial charge in [-0.15, -0.1) is 0 Å². The van der Waals surface area contributed by atoms with E-state index in [1.54, 1.807) is 0 Å². The van der Waals surface area contributed by atoms with E-state index in [9.17, 15) is 0 Å². The summed E-state index contributed by atoms with van der Waals surface area (Å²) in [6.07, 6.45) is 5.87. The van der Waals surface area contributed by atoms with Crippen molar-refractivity contribution in [2.24, 2.45) is 11.3 Å². The molecule has 0 aliphatic carbocycles. The molecule has 2 atom stereocenters. The third-order valence-electron chi connectivity index (χ3n) is 4.57. The molecule has 2 nitrogen and oxygen atoms in total. The van der Waals surface area contributed by atoms with Crippen molar-refractivity contribution in [1.82, 2.24) is 0 Å². The predicted molar refractivity (Wildman–Crippen MR) is 88.0 cm³/mol. The van der Waals surface area contributed by atoms with E-state index in [1.165, 1.54) is 19.3 Å². The zero-order valence-corrected chi connectivity index (χ0v) is 15.2. The molecule has 0 aromatic heterocycles. The van der Waals surface area contributed by atoms with Crippen LogP contribution in [-0.2, 0) is 9.47 Å². The molecule has 0 radical (unpaired) electrons. The molecule has 0 spiro atoms. The number of hydrogen-bond donors (Lipinski definition) is 0. The SMILES string of the molecule is CCC(C)(C)CCC(C)CCOC(C)OC(C)(C)CC. The Labute approximate surface area is 127 Å². The van der Waals surface area contributed by atoms with E-state index in [-0.39, 0.29) is 11.9 Å². The van der Waals surface area contributed by atoms with Crippen LogP contribution in [0, 0.1) is 11.3 Å². The number of ether oxygens (including phenoxy) is 2. The Morgan fingerprint density at radius 2 is 1.50 bits per heavy atom. The fourth-order valence-electron chi connectivity index (χ4n) is 1.96. The summed E-state index contributed by atoms with van der Waals surface area (Å²) < 4.78 is 11.7. The highest BCUT2D eigenvalue weighted by molar-refractivity contribution is 4.68. The Bertz CT molecular complexity index is 246. The van der Waals surface area contributed by atoms with E-state index < -0.39 is 0 Å². The maximum Gasteiger partial charge on any atom is 0.155 e. The van der Waals surface area contributed by atoms with Gasteiger partial charge >= 0.3 is 0 Å². The second-order valence-corrected chi connectivity index (χ2v) is 7.62. The molecule has 122 valence electrons. The van der Waals surface area contributed by atoms with Gasteiger partial charge < -0.3 is 9.47 Å². The van der Waals surface area contributed by atoms with Gasteiger partial charge in [0.25, 0.3) is 0 Å². The summed E-state index contributed by atoms with van der Waals surface area (Å²) in [7, 11) is 0. The molecule has 0 aromatic rings. The van der Waals surface area contributed by atoms with Crippen molar-refractivity contribution in [3.63, 3.8) is 0 Å². The minimum Gasteiger partial charge on any atom is -0.353 e. The summed E-state index contributed by atoms with van der Waals surface area (Å²) in [4.78, 5) is 0. The summed E-state index contributed by atoms with van der Waals surface area (Å²) in [6, 6.07) is 0. The minimum atomic E-state index is -0.107. The molecule has 2 heteroatoms. The van der Waals surface area contributed by atoms with Crippen LogP contribution in [0.3, 0.4) is 0 Å². The minimum absolute atomic E-state index is 0.0871. The molecule has 0 N–H and O–H groups in total. The second-order valence-electron chi connectivity index (χ2n) is 7.62. The first-order valence-electron chi connectivity index (χ1n) is 8.41. The Hall–Kier alpha value is -0.0800. The normalized spacial score (nSPS) is 16.2. The van der Waals surface area contributed by atoms with Crippen molar-refractivity contribution in [2.45, 2.75) is 99.4 Å². The van der Waals surface area contributed by atoms with Crippen LogP contribution in [0.4, 0.5) is 0 Å². The topological polar surface area (TPSA) is 18.5 Å². The molecule has 0 heterocycles. The summed E-state index contributed by atoms with van der Waals surface area (Å²) in [6.45, 7) is 18.5. The lowest BCUT2D eigenvalue weighted by molar-refractivity contribution is -0.192. The van der Waals surface area contributed by atoms with Gasteiger partial charge in [-0.25, -0.2) is 0 Å². The second kappa shape index (κ2) is 9.04. The van der Waals surface area contributed by atoms with Crippen LogP contribution in [0.25, 0.3) is 0 Å². The van der Waals surface area contributed by atoms with Crippen molar-refractivity contribution < 1.29 is 9.47 Å². The Balaban J connectivity index is 3.78. The number of rotatable bonds is 11. The van der Waals surface area contributed by atoms with Gasteiger partial charge in [0, 0.05) is 6.61 Å². The maximum absolute atomic E-state index is 5.88. The van der Waals surface area contributed by atoms with Crippen LogP contribution in [0.5, 0.6) is 0 Å². The first-order chi connectivity index (χ1) is 9.12. The zero-order chi connectivity index (χ0) is 15.8. The highest BCUT2D eigenvalue weighted by Gasteiger charge is 2.20. The van der Waals surface area contributed by atoms with Crippen molar-refractivity contribution in [1.29, 1.82) is 0 Å². The van der Waals surface area contributed by atoms with Gasteiger partial charge in [0.15, 0.2) is 6.29 Å². The molecule has 2 unspecified atom stereocenters. The van der Waals surface area contributed by atoms with Gasteiger partial charge in [0.2, 0.25) is 0 Å². The summed E-state index contributed by atoms with van der Waals surface area (Å²) in [5.41, 5.74) is 0.396. The van der Waals surface area contributed by atoms with Gasteiger partial charge in [-0.2, -0.15) is 0 Å². The molecule has 0 aliphatic heterocycles. The van der Waals surface area contributed by atoms with Gasteiger partial charge in [-0.3, -0.25) is 0 Å². The monoisotopic (exact) mass is 286 g/mol. The fraction of sp³-hybridized carbons (Fsp3) is 1.00. The summed E-state index contributed by atoms with van der Waals surface area (Å²) in [5.74, 6) is 0.729. The van der Waals surface area contributed by atoms with Crippen LogP contribution in [0.2, 0.25) is 0 Å². The lowest BCUT2D eigenvalue weighted by Gasteiger charge is -2.28. The Morgan fingerprint density at radius 3 is 2.00 bits per heavy atom.